The van der Waals surface area contributed by atoms with Gasteiger partial charge in [0.25, 0.3) is 5.91 Å². The molecule has 0 bridgehead atoms. The Balaban J connectivity index is 1.69. The number of rotatable bonds is 5. The van der Waals surface area contributed by atoms with Gasteiger partial charge in [0.15, 0.2) is 5.78 Å². The summed E-state index contributed by atoms with van der Waals surface area (Å²) in [5, 5.41) is 7.11. The summed E-state index contributed by atoms with van der Waals surface area (Å²) in [4.78, 5) is 25.1. The zero-order chi connectivity index (χ0) is 19.4. The monoisotopic (exact) mass is 402 g/mol. The highest BCUT2D eigenvalue weighted by atomic mass is 35.5. The zero-order valence-corrected chi connectivity index (χ0v) is 16.3. The molecule has 140 valence electrons. The van der Waals surface area contributed by atoms with E-state index in [-0.39, 0.29) is 11.7 Å². The number of Topliss-reactive ketones (excluding diaryl/α,β-unsaturated/α-hetero) is 1. The topological polar surface area (TPSA) is 58.2 Å². The Morgan fingerprint density at radius 1 is 1.11 bits per heavy atom. The van der Waals surface area contributed by atoms with Crippen molar-refractivity contribution in [3.05, 3.63) is 75.8 Å². The van der Waals surface area contributed by atoms with Gasteiger partial charge in [0.2, 0.25) is 0 Å². The van der Waals surface area contributed by atoms with Crippen LogP contribution in [0.15, 0.2) is 54.6 Å². The van der Waals surface area contributed by atoms with E-state index in [2.05, 4.69) is 10.6 Å². The van der Waals surface area contributed by atoms with Crippen LogP contribution in [-0.4, -0.2) is 30.3 Å². The Morgan fingerprint density at radius 3 is 2.56 bits per heavy atom. The van der Waals surface area contributed by atoms with Crippen LogP contribution in [0.5, 0.6) is 0 Å². The number of ketones is 1. The molecular weight excluding hydrogens is 383 g/mol. The van der Waals surface area contributed by atoms with Gasteiger partial charge in [-0.05, 0) is 54.8 Å². The van der Waals surface area contributed by atoms with Crippen molar-refractivity contribution in [2.75, 3.05) is 6.54 Å². The van der Waals surface area contributed by atoms with E-state index < -0.39 is 12.1 Å². The molecule has 2 aromatic rings. The smallest absolute Gasteiger partial charge is 0.251 e. The van der Waals surface area contributed by atoms with Gasteiger partial charge in [0.1, 0.15) is 0 Å². The van der Waals surface area contributed by atoms with Crippen molar-refractivity contribution in [2.45, 2.75) is 25.4 Å². The van der Waals surface area contributed by atoms with Crippen LogP contribution in [0.1, 0.15) is 29.3 Å². The molecule has 1 aliphatic rings. The molecule has 0 saturated heterocycles. The van der Waals surface area contributed by atoms with Crippen molar-refractivity contribution in [3.8, 4) is 0 Å². The standard InChI is InChI=1S/C21H20Cl2N2O2/c1-13(25-21(27)16-3-2-4-18(23)11-16)20(26)19-12-15(9-10-24-19)14-5-7-17(22)8-6-14/h2-8,11-13,19,24H,9-10H2,1H3,(H,25,27). The van der Waals surface area contributed by atoms with Gasteiger partial charge in [0.05, 0.1) is 12.1 Å². The first-order valence-corrected chi connectivity index (χ1v) is 9.50. The van der Waals surface area contributed by atoms with Crippen molar-refractivity contribution in [1.82, 2.24) is 10.6 Å². The van der Waals surface area contributed by atoms with E-state index in [4.69, 9.17) is 23.2 Å². The van der Waals surface area contributed by atoms with Gasteiger partial charge >= 0.3 is 0 Å². The Bertz CT molecular complexity index is 878. The Hall–Kier alpha value is -2.14. The van der Waals surface area contributed by atoms with Gasteiger partial charge in [-0.1, -0.05) is 47.5 Å². The van der Waals surface area contributed by atoms with E-state index in [1.165, 1.54) is 0 Å². The minimum Gasteiger partial charge on any atom is -0.342 e. The van der Waals surface area contributed by atoms with Gasteiger partial charge in [-0.3, -0.25) is 9.59 Å². The minimum atomic E-state index is -0.630. The lowest BCUT2D eigenvalue weighted by Crippen LogP contribution is -2.49. The maximum absolute atomic E-state index is 12.8. The van der Waals surface area contributed by atoms with Crippen LogP contribution in [0.25, 0.3) is 5.57 Å². The fourth-order valence-electron chi connectivity index (χ4n) is 3.04. The fourth-order valence-corrected chi connectivity index (χ4v) is 3.36. The summed E-state index contributed by atoms with van der Waals surface area (Å²) < 4.78 is 0. The molecule has 0 spiro atoms. The van der Waals surface area contributed by atoms with Gasteiger partial charge in [-0.25, -0.2) is 0 Å². The number of hydrogen-bond donors (Lipinski definition) is 2. The number of carbonyl (C=O) groups is 2. The van der Waals surface area contributed by atoms with Crippen LogP contribution < -0.4 is 10.6 Å². The lowest BCUT2D eigenvalue weighted by molar-refractivity contribution is -0.121. The molecule has 1 heterocycles. The third kappa shape index (κ3) is 4.98. The molecule has 0 aliphatic carbocycles. The second kappa shape index (κ2) is 8.70. The average Bonchev–Trinajstić information content (AvgIpc) is 2.68. The summed E-state index contributed by atoms with van der Waals surface area (Å²) in [6.45, 7) is 2.39. The van der Waals surface area contributed by atoms with E-state index >= 15 is 0 Å². The molecule has 0 aromatic heterocycles. The Labute approximate surface area is 168 Å². The van der Waals surface area contributed by atoms with Gasteiger partial charge in [-0.15, -0.1) is 0 Å². The van der Waals surface area contributed by atoms with Gasteiger partial charge in [-0.2, -0.15) is 0 Å². The summed E-state index contributed by atoms with van der Waals surface area (Å²) in [5.74, 6) is -0.410. The normalized spacial score (nSPS) is 17.7. The van der Waals surface area contributed by atoms with E-state index in [1.807, 2.05) is 30.3 Å². The first-order chi connectivity index (χ1) is 12.9. The van der Waals surface area contributed by atoms with Gasteiger partial charge in [0, 0.05) is 22.2 Å². The molecule has 3 rings (SSSR count). The highest BCUT2D eigenvalue weighted by Crippen LogP contribution is 2.23. The van der Waals surface area contributed by atoms with Crippen molar-refractivity contribution < 1.29 is 9.59 Å². The Morgan fingerprint density at radius 2 is 1.85 bits per heavy atom. The molecule has 1 amide bonds. The summed E-state index contributed by atoms with van der Waals surface area (Å²) >= 11 is 11.9. The molecule has 1 aliphatic heterocycles. The summed E-state index contributed by atoms with van der Waals surface area (Å²) in [6, 6.07) is 13.1. The molecule has 27 heavy (non-hydrogen) atoms. The first-order valence-electron chi connectivity index (χ1n) is 8.74. The second-order valence-electron chi connectivity index (χ2n) is 6.49. The third-order valence-corrected chi connectivity index (χ3v) is 5.00. The van der Waals surface area contributed by atoms with E-state index in [0.29, 0.717) is 22.2 Å². The van der Waals surface area contributed by atoms with Crippen LogP contribution >= 0.6 is 23.2 Å². The third-order valence-electron chi connectivity index (χ3n) is 4.51. The number of halogens is 2. The van der Waals surface area contributed by atoms with E-state index in [1.54, 1.807) is 31.2 Å². The van der Waals surface area contributed by atoms with E-state index in [0.717, 1.165) is 17.6 Å². The predicted octanol–water partition coefficient (Wildman–Crippen LogP) is 4.13. The van der Waals surface area contributed by atoms with E-state index in [9.17, 15) is 9.59 Å². The van der Waals surface area contributed by atoms with Crippen molar-refractivity contribution in [3.63, 3.8) is 0 Å². The molecule has 2 atom stereocenters. The summed E-state index contributed by atoms with van der Waals surface area (Å²) in [6.07, 6.45) is 2.76. The molecule has 0 saturated carbocycles. The molecule has 6 heteroatoms. The van der Waals surface area contributed by atoms with Crippen LogP contribution in [-0.2, 0) is 4.79 Å². The lowest BCUT2D eigenvalue weighted by Gasteiger charge is -2.25. The van der Waals surface area contributed by atoms with Crippen molar-refractivity contribution >= 4 is 40.5 Å². The lowest BCUT2D eigenvalue weighted by atomic mass is 9.94. The largest absolute Gasteiger partial charge is 0.342 e. The quantitative estimate of drug-likeness (QED) is 0.790. The Kier molecular flexibility index (Phi) is 6.32. The predicted molar refractivity (Wildman–Crippen MR) is 109 cm³/mol. The molecule has 2 N–H and O–H groups in total. The maximum Gasteiger partial charge on any atom is 0.251 e. The molecule has 0 radical (unpaired) electrons. The van der Waals surface area contributed by atoms with Crippen molar-refractivity contribution in [1.29, 1.82) is 0 Å². The average molecular weight is 403 g/mol. The highest BCUT2D eigenvalue weighted by Gasteiger charge is 2.26. The minimum absolute atomic E-state index is 0.0865. The van der Waals surface area contributed by atoms with Crippen LogP contribution in [0, 0.1) is 0 Å². The van der Waals surface area contributed by atoms with Crippen LogP contribution in [0.2, 0.25) is 10.0 Å². The molecule has 0 fully saturated rings. The number of benzene rings is 2. The van der Waals surface area contributed by atoms with Crippen LogP contribution in [0.4, 0.5) is 0 Å². The molecular formula is C21H20Cl2N2O2. The SMILES string of the molecule is CC(NC(=O)c1cccc(Cl)c1)C(=O)C1C=C(c2ccc(Cl)cc2)CCN1. The first kappa shape index (κ1) is 19.6. The highest BCUT2D eigenvalue weighted by molar-refractivity contribution is 6.31. The molecule has 4 nitrogen and oxygen atoms in total. The zero-order valence-electron chi connectivity index (χ0n) is 14.8. The molecule has 2 aromatic carbocycles. The van der Waals surface area contributed by atoms with Crippen LogP contribution in [0.3, 0.4) is 0 Å². The summed E-state index contributed by atoms with van der Waals surface area (Å²) in [7, 11) is 0. The number of hydrogen-bond acceptors (Lipinski definition) is 3. The number of amides is 1. The van der Waals surface area contributed by atoms with Gasteiger partial charge < -0.3 is 10.6 Å². The molecule has 2 unspecified atom stereocenters. The summed E-state index contributed by atoms with van der Waals surface area (Å²) in [5.41, 5.74) is 2.57. The fraction of sp³-hybridized carbons (Fsp3) is 0.238. The number of nitrogens with one attached hydrogen (secondary N) is 2. The second-order valence-corrected chi connectivity index (χ2v) is 7.36. The maximum atomic E-state index is 12.8. The van der Waals surface area contributed by atoms with Crippen molar-refractivity contribution in [2.24, 2.45) is 0 Å². The number of carbonyl (C=O) groups excluding carboxylic acids is 2.